The second-order valence-corrected chi connectivity index (χ2v) is 5.74. The average Bonchev–Trinajstić information content (AvgIpc) is 2.98. The van der Waals surface area contributed by atoms with E-state index in [2.05, 4.69) is 4.98 Å². The minimum atomic E-state index is -0.932. The molecule has 0 saturated carbocycles. The zero-order valence-electron chi connectivity index (χ0n) is 12.5. The van der Waals surface area contributed by atoms with Crippen LogP contribution in [0.15, 0.2) is 23.6 Å². The topological polar surface area (TPSA) is 56.3 Å². The number of carbonyl (C=O) groups is 2. The van der Waals surface area contributed by atoms with Gasteiger partial charge in [-0.05, 0) is 18.6 Å². The number of hydrogen-bond acceptors (Lipinski definition) is 5. The van der Waals surface area contributed by atoms with Crippen molar-refractivity contribution in [2.24, 2.45) is 0 Å². The number of hydrogen-bond donors (Lipinski definition) is 0. The Kier molecular flexibility index (Phi) is 5.92. The van der Waals surface area contributed by atoms with Gasteiger partial charge in [-0.25, -0.2) is 13.8 Å². The summed E-state index contributed by atoms with van der Waals surface area (Å²) >= 11 is 1.49. The largest absolute Gasteiger partial charge is 0.459 e. The molecule has 1 heterocycles. The molecule has 4 nitrogen and oxygen atoms in total. The second-order valence-electron chi connectivity index (χ2n) is 4.79. The molecule has 0 fully saturated rings. The van der Waals surface area contributed by atoms with E-state index in [1.807, 2.05) is 12.3 Å². The molecule has 0 atom stereocenters. The second kappa shape index (κ2) is 7.92. The third-order valence-corrected chi connectivity index (χ3v) is 4.11. The van der Waals surface area contributed by atoms with Crippen molar-refractivity contribution in [2.75, 3.05) is 0 Å². The molecule has 2 aromatic rings. The van der Waals surface area contributed by atoms with Crippen molar-refractivity contribution in [3.8, 4) is 0 Å². The highest BCUT2D eigenvalue weighted by Gasteiger charge is 2.15. The quantitative estimate of drug-likeness (QED) is 0.570. The van der Waals surface area contributed by atoms with Gasteiger partial charge in [-0.15, -0.1) is 11.3 Å². The van der Waals surface area contributed by atoms with Crippen molar-refractivity contribution in [3.05, 3.63) is 51.5 Å². The van der Waals surface area contributed by atoms with Gasteiger partial charge in [-0.2, -0.15) is 0 Å². The first-order valence-corrected chi connectivity index (χ1v) is 7.94. The predicted molar refractivity (Wildman–Crippen MR) is 81.2 cm³/mol. The van der Waals surface area contributed by atoms with Crippen LogP contribution in [0.4, 0.5) is 8.78 Å². The number of nitrogens with zero attached hydrogens (tertiary/aromatic N) is 1. The van der Waals surface area contributed by atoms with Crippen LogP contribution in [-0.4, -0.2) is 16.7 Å². The summed E-state index contributed by atoms with van der Waals surface area (Å²) in [5.41, 5.74) is 0.433. The van der Waals surface area contributed by atoms with Gasteiger partial charge in [0.2, 0.25) is 0 Å². The first-order valence-electron chi connectivity index (χ1n) is 7.06. The molecule has 0 bridgehead atoms. The summed E-state index contributed by atoms with van der Waals surface area (Å²) in [4.78, 5) is 27.7. The Balaban J connectivity index is 1.80. The molecule has 0 aliphatic heterocycles. The van der Waals surface area contributed by atoms with Crippen LogP contribution in [0.1, 0.15) is 40.8 Å². The number of ether oxygens (including phenoxy) is 1. The normalized spacial score (nSPS) is 10.6. The summed E-state index contributed by atoms with van der Waals surface area (Å²) in [7, 11) is 0. The molecular formula is C16H15F2NO3S. The first kappa shape index (κ1) is 17.2. The molecule has 122 valence electrons. The van der Waals surface area contributed by atoms with Crippen molar-refractivity contribution >= 4 is 23.1 Å². The summed E-state index contributed by atoms with van der Waals surface area (Å²) in [5, 5.41) is 2.77. The van der Waals surface area contributed by atoms with Crippen LogP contribution in [0, 0.1) is 11.6 Å². The Morgan fingerprint density at radius 2 is 2.04 bits per heavy atom. The average molecular weight is 339 g/mol. The number of rotatable bonds is 7. The minimum Gasteiger partial charge on any atom is -0.459 e. The lowest BCUT2D eigenvalue weighted by molar-refractivity contribution is -0.145. The maximum atomic E-state index is 13.4. The monoisotopic (exact) mass is 339 g/mol. The van der Waals surface area contributed by atoms with Crippen molar-refractivity contribution in [1.29, 1.82) is 0 Å². The Labute approximate surface area is 136 Å². The molecule has 0 aliphatic carbocycles. The zero-order chi connectivity index (χ0) is 16.8. The van der Waals surface area contributed by atoms with Gasteiger partial charge in [-0.1, -0.05) is 6.92 Å². The van der Waals surface area contributed by atoms with Crippen LogP contribution in [0.5, 0.6) is 0 Å². The lowest BCUT2D eigenvalue weighted by atomic mass is 10.1. The van der Waals surface area contributed by atoms with Crippen LogP contribution in [0.3, 0.4) is 0 Å². The Morgan fingerprint density at radius 3 is 2.70 bits per heavy atom. The molecule has 0 aliphatic rings. The molecule has 0 saturated heterocycles. The van der Waals surface area contributed by atoms with E-state index in [-0.39, 0.29) is 25.0 Å². The highest BCUT2D eigenvalue weighted by Crippen LogP contribution is 2.14. The first-order chi connectivity index (χ1) is 11.0. The van der Waals surface area contributed by atoms with Crippen molar-refractivity contribution in [1.82, 2.24) is 4.98 Å². The van der Waals surface area contributed by atoms with Gasteiger partial charge < -0.3 is 4.74 Å². The van der Waals surface area contributed by atoms with Crippen LogP contribution >= 0.6 is 11.3 Å². The Morgan fingerprint density at radius 1 is 1.26 bits per heavy atom. The van der Waals surface area contributed by atoms with Crippen molar-refractivity contribution < 1.29 is 23.1 Å². The summed E-state index contributed by atoms with van der Waals surface area (Å²) in [6.07, 6.45) is 0.454. The van der Waals surface area contributed by atoms with Crippen molar-refractivity contribution in [3.63, 3.8) is 0 Å². The maximum Gasteiger partial charge on any atom is 0.306 e. The lowest BCUT2D eigenvalue weighted by Gasteiger charge is -2.04. The van der Waals surface area contributed by atoms with E-state index in [1.54, 1.807) is 0 Å². The molecule has 1 aromatic heterocycles. The molecule has 2 rings (SSSR count). The third-order valence-electron chi connectivity index (χ3n) is 3.07. The molecule has 7 heteroatoms. The molecule has 1 aromatic carbocycles. The molecular weight excluding hydrogens is 324 g/mol. The van der Waals surface area contributed by atoms with Crippen LogP contribution < -0.4 is 0 Å². The lowest BCUT2D eigenvalue weighted by Crippen LogP contribution is -2.09. The standard InChI is InChI=1S/C16H15F2NO3S/c1-2-15-19-11(9-23-15)8-22-16(21)6-5-14(20)12-4-3-10(17)7-13(12)18/h3-4,7,9H,2,5-6,8H2,1H3. The third kappa shape index (κ3) is 4.92. The molecule has 0 spiro atoms. The Hall–Kier alpha value is -2.15. The fourth-order valence-electron chi connectivity index (χ4n) is 1.87. The SMILES string of the molecule is CCc1nc(COC(=O)CCC(=O)c2ccc(F)cc2F)cs1. The van der Waals surface area contributed by atoms with Gasteiger partial charge >= 0.3 is 5.97 Å². The van der Waals surface area contributed by atoms with Crippen molar-refractivity contribution in [2.45, 2.75) is 32.8 Å². The van der Waals surface area contributed by atoms with E-state index in [9.17, 15) is 18.4 Å². The maximum absolute atomic E-state index is 13.4. The summed E-state index contributed by atoms with van der Waals surface area (Å²) in [6.45, 7) is 2.03. The molecule has 23 heavy (non-hydrogen) atoms. The summed E-state index contributed by atoms with van der Waals surface area (Å²) < 4.78 is 31.3. The molecule has 0 radical (unpaired) electrons. The van der Waals surface area contributed by atoms with Crippen LogP contribution in [0.2, 0.25) is 0 Å². The number of aryl methyl sites for hydroxylation is 1. The van der Waals surface area contributed by atoms with Crippen LogP contribution in [-0.2, 0) is 22.6 Å². The number of thiazole rings is 1. The fraction of sp³-hybridized carbons (Fsp3) is 0.312. The van der Waals surface area contributed by atoms with Gasteiger partial charge in [0, 0.05) is 17.9 Å². The summed E-state index contributed by atoms with van der Waals surface area (Å²) in [5.74, 6) is -2.82. The zero-order valence-corrected chi connectivity index (χ0v) is 13.3. The fourth-order valence-corrected chi connectivity index (χ4v) is 2.60. The van der Waals surface area contributed by atoms with Crippen LogP contribution in [0.25, 0.3) is 0 Å². The van der Waals surface area contributed by atoms with Gasteiger partial charge in [0.15, 0.2) is 5.78 Å². The Bertz CT molecular complexity index is 715. The van der Waals surface area contributed by atoms with Gasteiger partial charge in [0.25, 0.3) is 0 Å². The van der Waals surface area contributed by atoms with E-state index >= 15 is 0 Å². The van der Waals surface area contributed by atoms with E-state index in [0.717, 1.165) is 23.6 Å². The number of esters is 1. The molecule has 0 unspecified atom stereocenters. The number of ketones is 1. The number of Topliss-reactive ketones (excluding diaryl/α,β-unsaturated/α-hetero) is 1. The van der Waals surface area contributed by atoms with E-state index < -0.39 is 23.4 Å². The number of halogens is 2. The van der Waals surface area contributed by atoms with Gasteiger partial charge in [0.05, 0.1) is 22.7 Å². The summed E-state index contributed by atoms with van der Waals surface area (Å²) in [6, 6.07) is 2.71. The predicted octanol–water partition coefficient (Wildman–Crippen LogP) is 3.69. The minimum absolute atomic E-state index is 0.0500. The highest BCUT2D eigenvalue weighted by atomic mass is 32.1. The van der Waals surface area contributed by atoms with E-state index in [1.165, 1.54) is 11.3 Å². The highest BCUT2D eigenvalue weighted by molar-refractivity contribution is 7.09. The number of carbonyl (C=O) groups excluding carboxylic acids is 2. The van der Waals surface area contributed by atoms with E-state index in [0.29, 0.717) is 11.8 Å². The smallest absolute Gasteiger partial charge is 0.306 e. The van der Waals surface area contributed by atoms with E-state index in [4.69, 9.17) is 4.74 Å². The molecule has 0 amide bonds. The van der Waals surface area contributed by atoms with Gasteiger partial charge in [-0.3, -0.25) is 9.59 Å². The number of benzene rings is 1. The molecule has 0 N–H and O–H groups in total. The number of aromatic nitrogens is 1. The van der Waals surface area contributed by atoms with Gasteiger partial charge in [0.1, 0.15) is 18.2 Å².